The fourth-order valence-corrected chi connectivity index (χ4v) is 2.69. The molecule has 9 heteroatoms. The number of hydrogen-bond donors (Lipinski definition) is 1. The number of aromatic nitrogens is 3. The Balaban J connectivity index is 1.56. The van der Waals surface area contributed by atoms with Crippen LogP contribution in [0.3, 0.4) is 0 Å². The van der Waals surface area contributed by atoms with Crippen LogP contribution in [0.4, 0.5) is 19.7 Å². The number of alkyl halides is 2. The SMILES string of the molecule is Cc1nnc(NC(=O)Cc2ccc(N3CC(F)(F)C3)nc2)s1. The van der Waals surface area contributed by atoms with Crippen molar-refractivity contribution in [3.63, 3.8) is 0 Å². The van der Waals surface area contributed by atoms with Crippen molar-refractivity contribution in [3.05, 3.63) is 28.9 Å². The first-order valence-corrected chi connectivity index (χ1v) is 7.41. The van der Waals surface area contributed by atoms with Crippen molar-refractivity contribution >= 4 is 28.2 Å². The third-order valence-corrected chi connectivity index (χ3v) is 3.87. The predicted octanol–water partition coefficient (Wildman–Crippen LogP) is 1.88. The zero-order chi connectivity index (χ0) is 15.7. The first kappa shape index (κ1) is 14.8. The molecule has 22 heavy (non-hydrogen) atoms. The molecule has 2 aromatic heterocycles. The maximum atomic E-state index is 12.8. The molecule has 3 rings (SSSR count). The van der Waals surface area contributed by atoms with Crippen molar-refractivity contribution in [3.8, 4) is 0 Å². The minimum atomic E-state index is -2.62. The minimum Gasteiger partial charge on any atom is -0.344 e. The number of aryl methyl sites for hydroxylation is 1. The number of anilines is 2. The Morgan fingerprint density at radius 1 is 1.41 bits per heavy atom. The summed E-state index contributed by atoms with van der Waals surface area (Å²) in [6.07, 6.45) is 1.67. The molecule has 0 unspecified atom stereocenters. The highest BCUT2D eigenvalue weighted by Gasteiger charge is 2.44. The molecule has 0 radical (unpaired) electrons. The average Bonchev–Trinajstić information content (AvgIpc) is 2.82. The fourth-order valence-electron chi connectivity index (χ4n) is 2.08. The third-order valence-electron chi connectivity index (χ3n) is 3.11. The van der Waals surface area contributed by atoms with Gasteiger partial charge in [0.25, 0.3) is 5.92 Å². The fraction of sp³-hybridized carbons (Fsp3) is 0.385. The maximum Gasteiger partial charge on any atom is 0.282 e. The highest BCUT2D eigenvalue weighted by molar-refractivity contribution is 7.15. The molecule has 1 saturated heterocycles. The van der Waals surface area contributed by atoms with Gasteiger partial charge >= 0.3 is 0 Å². The third kappa shape index (κ3) is 3.35. The van der Waals surface area contributed by atoms with Gasteiger partial charge in [-0.05, 0) is 18.6 Å². The van der Waals surface area contributed by atoms with Crippen LogP contribution in [0.25, 0.3) is 0 Å². The van der Waals surface area contributed by atoms with Crippen LogP contribution in [0.1, 0.15) is 10.6 Å². The van der Waals surface area contributed by atoms with Crippen molar-refractivity contribution in [2.45, 2.75) is 19.3 Å². The van der Waals surface area contributed by atoms with Gasteiger partial charge in [-0.15, -0.1) is 10.2 Å². The van der Waals surface area contributed by atoms with E-state index in [0.29, 0.717) is 16.5 Å². The van der Waals surface area contributed by atoms with E-state index < -0.39 is 5.92 Å². The van der Waals surface area contributed by atoms with Gasteiger partial charge in [-0.25, -0.2) is 13.8 Å². The molecule has 0 bridgehead atoms. The first-order valence-electron chi connectivity index (χ1n) is 6.59. The van der Waals surface area contributed by atoms with E-state index in [1.807, 2.05) is 0 Å². The molecule has 0 saturated carbocycles. The monoisotopic (exact) mass is 325 g/mol. The summed E-state index contributed by atoms with van der Waals surface area (Å²) in [5.74, 6) is -2.35. The Bertz CT molecular complexity index is 680. The Kier molecular flexibility index (Phi) is 3.73. The lowest BCUT2D eigenvalue weighted by Gasteiger charge is -2.39. The molecule has 3 heterocycles. The van der Waals surface area contributed by atoms with Crippen LogP contribution in [-0.4, -0.2) is 40.1 Å². The molecule has 0 atom stereocenters. The van der Waals surface area contributed by atoms with E-state index >= 15 is 0 Å². The summed E-state index contributed by atoms with van der Waals surface area (Å²) in [5, 5.41) is 11.5. The standard InChI is InChI=1S/C13H13F2N5OS/c1-8-18-19-12(22-8)17-11(21)4-9-2-3-10(16-5-9)20-6-13(14,15)7-20/h2-3,5H,4,6-7H2,1H3,(H,17,19,21). The minimum absolute atomic E-state index is 0.141. The smallest absolute Gasteiger partial charge is 0.282 e. The summed E-state index contributed by atoms with van der Waals surface area (Å²) in [6.45, 7) is 1.18. The second kappa shape index (κ2) is 5.56. The zero-order valence-corrected chi connectivity index (χ0v) is 12.5. The van der Waals surface area contributed by atoms with E-state index in [4.69, 9.17) is 0 Å². The van der Waals surface area contributed by atoms with Crippen molar-refractivity contribution in [1.29, 1.82) is 0 Å². The molecule has 1 amide bonds. The molecule has 1 fully saturated rings. The van der Waals surface area contributed by atoms with Gasteiger partial charge < -0.3 is 10.2 Å². The van der Waals surface area contributed by atoms with E-state index in [1.54, 1.807) is 19.1 Å². The summed E-state index contributed by atoms with van der Waals surface area (Å²) in [4.78, 5) is 17.5. The first-order chi connectivity index (χ1) is 10.4. The normalized spacial score (nSPS) is 16.2. The Morgan fingerprint density at radius 3 is 2.73 bits per heavy atom. The van der Waals surface area contributed by atoms with Crippen LogP contribution >= 0.6 is 11.3 Å². The zero-order valence-electron chi connectivity index (χ0n) is 11.7. The Labute approximate surface area is 129 Å². The number of hydrogen-bond acceptors (Lipinski definition) is 6. The van der Waals surface area contributed by atoms with Gasteiger partial charge in [0, 0.05) is 6.20 Å². The molecule has 1 N–H and O–H groups in total. The summed E-state index contributed by atoms with van der Waals surface area (Å²) in [6, 6.07) is 3.36. The van der Waals surface area contributed by atoms with Crippen LogP contribution in [0.15, 0.2) is 18.3 Å². The van der Waals surface area contributed by atoms with E-state index in [0.717, 1.165) is 5.01 Å². The highest BCUT2D eigenvalue weighted by atomic mass is 32.1. The van der Waals surface area contributed by atoms with Crippen molar-refractivity contribution in [2.75, 3.05) is 23.3 Å². The van der Waals surface area contributed by atoms with Crippen molar-refractivity contribution < 1.29 is 13.6 Å². The number of amides is 1. The maximum absolute atomic E-state index is 12.8. The quantitative estimate of drug-likeness (QED) is 0.929. The molecule has 0 aromatic carbocycles. The van der Waals surface area contributed by atoms with Crippen molar-refractivity contribution in [1.82, 2.24) is 15.2 Å². The van der Waals surface area contributed by atoms with Crippen molar-refractivity contribution in [2.24, 2.45) is 0 Å². The summed E-state index contributed by atoms with van der Waals surface area (Å²) in [5.41, 5.74) is 0.703. The van der Waals surface area contributed by atoms with Gasteiger partial charge in [0.15, 0.2) is 0 Å². The Morgan fingerprint density at radius 2 is 2.18 bits per heavy atom. The number of nitrogens with zero attached hydrogens (tertiary/aromatic N) is 4. The highest BCUT2D eigenvalue weighted by Crippen LogP contribution is 2.30. The summed E-state index contributed by atoms with van der Waals surface area (Å²) >= 11 is 1.30. The van der Waals surface area contributed by atoms with E-state index in [9.17, 15) is 13.6 Å². The lowest BCUT2D eigenvalue weighted by Crippen LogP contribution is -2.56. The largest absolute Gasteiger partial charge is 0.344 e. The van der Waals surface area contributed by atoms with Gasteiger partial charge in [0.2, 0.25) is 11.0 Å². The molecule has 2 aromatic rings. The topological polar surface area (TPSA) is 71.0 Å². The molecule has 0 spiro atoms. The summed E-state index contributed by atoms with van der Waals surface area (Å²) < 4.78 is 25.6. The Hall–Kier alpha value is -2.16. The van der Waals surface area contributed by atoms with Crippen LogP contribution in [0.2, 0.25) is 0 Å². The molecule has 1 aliphatic rings. The molecular formula is C13H13F2N5OS. The molecule has 116 valence electrons. The lowest BCUT2D eigenvalue weighted by atomic mass is 10.1. The van der Waals surface area contributed by atoms with Gasteiger partial charge in [0.1, 0.15) is 10.8 Å². The second-order valence-corrected chi connectivity index (χ2v) is 6.27. The van der Waals surface area contributed by atoms with E-state index in [-0.39, 0.29) is 25.4 Å². The van der Waals surface area contributed by atoms with Gasteiger partial charge in [-0.1, -0.05) is 17.4 Å². The van der Waals surface area contributed by atoms with Gasteiger partial charge in [0.05, 0.1) is 19.5 Å². The van der Waals surface area contributed by atoms with E-state index in [2.05, 4.69) is 20.5 Å². The van der Waals surface area contributed by atoms with Crippen LogP contribution in [-0.2, 0) is 11.2 Å². The van der Waals surface area contributed by atoms with Crippen LogP contribution in [0.5, 0.6) is 0 Å². The summed E-state index contributed by atoms with van der Waals surface area (Å²) in [7, 11) is 0. The molecule has 1 aliphatic heterocycles. The number of nitrogens with one attached hydrogen (secondary N) is 1. The van der Waals surface area contributed by atoms with Crippen LogP contribution < -0.4 is 10.2 Å². The molecule has 0 aliphatic carbocycles. The number of rotatable bonds is 4. The average molecular weight is 325 g/mol. The second-order valence-electron chi connectivity index (χ2n) is 5.09. The number of halogens is 2. The molecule has 6 nitrogen and oxygen atoms in total. The van der Waals surface area contributed by atoms with E-state index in [1.165, 1.54) is 22.4 Å². The number of pyridine rings is 1. The number of carbonyl (C=O) groups excluding carboxylic acids is 1. The lowest BCUT2D eigenvalue weighted by molar-refractivity contribution is -0.115. The molecular weight excluding hydrogens is 312 g/mol. The van der Waals surface area contributed by atoms with Gasteiger partial charge in [-0.3, -0.25) is 4.79 Å². The van der Waals surface area contributed by atoms with Crippen LogP contribution in [0, 0.1) is 6.92 Å². The van der Waals surface area contributed by atoms with Gasteiger partial charge in [-0.2, -0.15) is 0 Å². The predicted molar refractivity (Wildman–Crippen MR) is 78.4 cm³/mol. The number of carbonyl (C=O) groups is 1.